The molecule has 0 radical (unpaired) electrons. The SMILES string of the molecule is CNCCCN1CCc2ccc3c(c2)CC(O3)O1. The second-order valence-electron chi connectivity index (χ2n) is 4.94. The van der Waals surface area contributed by atoms with Crippen LogP contribution in [0.5, 0.6) is 5.75 Å². The average Bonchev–Trinajstić information content (AvgIpc) is 2.79. The van der Waals surface area contributed by atoms with Gasteiger partial charge in [-0.1, -0.05) is 12.1 Å². The molecule has 4 heteroatoms. The average molecular weight is 248 g/mol. The van der Waals surface area contributed by atoms with E-state index in [1.807, 2.05) is 7.05 Å². The molecule has 0 aromatic heterocycles. The van der Waals surface area contributed by atoms with Crippen molar-refractivity contribution in [3.63, 3.8) is 0 Å². The molecule has 4 nitrogen and oxygen atoms in total. The fourth-order valence-electron chi connectivity index (χ4n) is 2.55. The molecular weight excluding hydrogens is 228 g/mol. The lowest BCUT2D eigenvalue weighted by molar-refractivity contribution is -0.247. The second kappa shape index (κ2) is 5.26. The zero-order valence-electron chi connectivity index (χ0n) is 10.8. The summed E-state index contributed by atoms with van der Waals surface area (Å²) >= 11 is 0. The van der Waals surface area contributed by atoms with Crippen molar-refractivity contribution in [2.75, 3.05) is 26.7 Å². The van der Waals surface area contributed by atoms with Crippen molar-refractivity contribution < 1.29 is 9.57 Å². The van der Waals surface area contributed by atoms with E-state index in [-0.39, 0.29) is 6.29 Å². The van der Waals surface area contributed by atoms with Gasteiger partial charge in [0.05, 0.1) is 0 Å². The van der Waals surface area contributed by atoms with Gasteiger partial charge >= 0.3 is 0 Å². The van der Waals surface area contributed by atoms with Crippen LogP contribution in [-0.2, 0) is 17.7 Å². The van der Waals surface area contributed by atoms with Crippen LogP contribution in [0, 0.1) is 0 Å². The number of hydroxylamine groups is 2. The maximum atomic E-state index is 5.94. The van der Waals surface area contributed by atoms with Crippen LogP contribution in [0.1, 0.15) is 17.5 Å². The number of fused-ring (bicyclic) bond motifs is 2. The van der Waals surface area contributed by atoms with Gasteiger partial charge in [-0.05, 0) is 38.1 Å². The first-order valence-corrected chi connectivity index (χ1v) is 6.70. The van der Waals surface area contributed by atoms with Gasteiger partial charge in [0.25, 0.3) is 0 Å². The minimum absolute atomic E-state index is 0.136. The molecule has 0 aliphatic carbocycles. The van der Waals surface area contributed by atoms with Gasteiger partial charge in [0.15, 0.2) is 0 Å². The molecule has 3 bridgehead atoms. The van der Waals surface area contributed by atoms with Crippen LogP contribution in [0.25, 0.3) is 0 Å². The van der Waals surface area contributed by atoms with Crippen molar-refractivity contribution in [3.8, 4) is 5.75 Å². The molecule has 1 atom stereocenters. The predicted molar refractivity (Wildman–Crippen MR) is 69.5 cm³/mol. The summed E-state index contributed by atoms with van der Waals surface area (Å²) in [7, 11) is 1.98. The molecule has 18 heavy (non-hydrogen) atoms. The van der Waals surface area contributed by atoms with Crippen LogP contribution in [0.4, 0.5) is 0 Å². The van der Waals surface area contributed by atoms with E-state index in [9.17, 15) is 0 Å². The van der Waals surface area contributed by atoms with Gasteiger partial charge in [0.1, 0.15) is 5.75 Å². The third kappa shape index (κ3) is 2.51. The Bertz CT molecular complexity index is 422. The molecule has 2 heterocycles. The van der Waals surface area contributed by atoms with Gasteiger partial charge in [0.2, 0.25) is 6.29 Å². The molecule has 0 fully saturated rings. The van der Waals surface area contributed by atoms with E-state index in [0.717, 1.165) is 44.6 Å². The molecule has 2 aliphatic rings. The van der Waals surface area contributed by atoms with Crippen molar-refractivity contribution >= 4 is 0 Å². The smallest absolute Gasteiger partial charge is 0.222 e. The van der Waals surface area contributed by atoms with Gasteiger partial charge in [0, 0.05) is 25.1 Å². The number of ether oxygens (including phenoxy) is 1. The highest BCUT2D eigenvalue weighted by Gasteiger charge is 2.27. The first-order chi connectivity index (χ1) is 8.85. The number of benzene rings is 1. The first-order valence-electron chi connectivity index (χ1n) is 6.70. The lowest BCUT2D eigenvalue weighted by atomic mass is 10.1. The standard InChI is InChI=1S/C14H20N2O2/c1-15-6-2-7-16-8-5-11-3-4-13-12(9-11)10-14(17-13)18-16/h3-4,9,14-15H,2,5-8,10H2,1H3. The Labute approximate surface area is 108 Å². The summed E-state index contributed by atoms with van der Waals surface area (Å²) in [5, 5.41) is 5.22. The maximum absolute atomic E-state index is 5.94. The summed E-state index contributed by atoms with van der Waals surface area (Å²) in [5.74, 6) is 0.987. The molecule has 1 aromatic carbocycles. The van der Waals surface area contributed by atoms with E-state index >= 15 is 0 Å². The molecule has 0 saturated carbocycles. The lowest BCUT2D eigenvalue weighted by Gasteiger charge is -2.25. The van der Waals surface area contributed by atoms with Gasteiger partial charge in [-0.15, -0.1) is 0 Å². The lowest BCUT2D eigenvalue weighted by Crippen LogP contribution is -2.35. The molecule has 3 rings (SSSR count). The van der Waals surface area contributed by atoms with Gasteiger partial charge in [-0.3, -0.25) is 4.84 Å². The Kier molecular flexibility index (Phi) is 3.50. The summed E-state index contributed by atoms with van der Waals surface area (Å²) in [4.78, 5) is 5.94. The number of nitrogens with zero attached hydrogens (tertiary/aromatic N) is 1. The van der Waals surface area contributed by atoms with E-state index in [0.29, 0.717) is 0 Å². The van der Waals surface area contributed by atoms with Gasteiger partial charge in [-0.25, -0.2) is 0 Å². The van der Waals surface area contributed by atoms with Crippen LogP contribution in [0.3, 0.4) is 0 Å². The van der Waals surface area contributed by atoms with Crippen molar-refractivity contribution in [2.24, 2.45) is 0 Å². The Hall–Kier alpha value is -1.10. The van der Waals surface area contributed by atoms with Crippen LogP contribution < -0.4 is 10.1 Å². The largest absolute Gasteiger partial charge is 0.463 e. The fraction of sp³-hybridized carbons (Fsp3) is 0.571. The Balaban J connectivity index is 1.69. The molecule has 98 valence electrons. The summed E-state index contributed by atoms with van der Waals surface area (Å²) in [5.41, 5.74) is 2.66. The molecule has 1 N–H and O–H groups in total. The van der Waals surface area contributed by atoms with E-state index < -0.39 is 0 Å². The Morgan fingerprint density at radius 1 is 1.44 bits per heavy atom. The van der Waals surface area contributed by atoms with Crippen LogP contribution >= 0.6 is 0 Å². The van der Waals surface area contributed by atoms with Crippen LogP contribution in [0.15, 0.2) is 18.2 Å². The van der Waals surface area contributed by atoms with Gasteiger partial charge in [-0.2, -0.15) is 5.06 Å². The summed E-state index contributed by atoms with van der Waals surface area (Å²) < 4.78 is 5.79. The van der Waals surface area contributed by atoms with E-state index in [1.54, 1.807) is 0 Å². The predicted octanol–water partition coefficient (Wildman–Crippen LogP) is 1.35. The van der Waals surface area contributed by atoms with Crippen LogP contribution in [-0.4, -0.2) is 38.0 Å². The van der Waals surface area contributed by atoms with Crippen molar-refractivity contribution in [3.05, 3.63) is 29.3 Å². The molecule has 0 spiro atoms. The number of nitrogens with one attached hydrogen (secondary N) is 1. The number of hydrogen-bond donors (Lipinski definition) is 1. The zero-order valence-corrected chi connectivity index (χ0v) is 10.8. The molecule has 0 amide bonds. The Morgan fingerprint density at radius 3 is 3.28 bits per heavy atom. The molecule has 2 aliphatic heterocycles. The summed E-state index contributed by atoms with van der Waals surface area (Å²) in [6.07, 6.45) is 2.86. The van der Waals surface area contributed by atoms with Crippen molar-refractivity contribution in [1.29, 1.82) is 0 Å². The number of hydrogen-bond acceptors (Lipinski definition) is 4. The highest BCUT2D eigenvalue weighted by molar-refractivity contribution is 5.40. The van der Waals surface area contributed by atoms with E-state index in [4.69, 9.17) is 9.57 Å². The summed E-state index contributed by atoms with van der Waals surface area (Å²) in [6.45, 7) is 2.90. The fourth-order valence-corrected chi connectivity index (χ4v) is 2.55. The normalized spacial score (nSPS) is 22.4. The van der Waals surface area contributed by atoms with E-state index in [2.05, 4.69) is 28.6 Å². The quantitative estimate of drug-likeness (QED) is 0.816. The Morgan fingerprint density at radius 2 is 2.39 bits per heavy atom. The zero-order chi connectivity index (χ0) is 12.4. The van der Waals surface area contributed by atoms with Gasteiger partial charge < -0.3 is 10.1 Å². The van der Waals surface area contributed by atoms with Crippen molar-refractivity contribution in [2.45, 2.75) is 25.6 Å². The third-order valence-electron chi connectivity index (χ3n) is 3.52. The molecule has 1 aromatic rings. The molecule has 1 unspecified atom stereocenters. The van der Waals surface area contributed by atoms with E-state index in [1.165, 1.54) is 11.1 Å². The highest BCUT2D eigenvalue weighted by atomic mass is 16.8. The first kappa shape index (κ1) is 12.0. The molecule has 0 saturated heterocycles. The minimum atomic E-state index is -0.136. The number of rotatable bonds is 4. The van der Waals surface area contributed by atoms with Crippen molar-refractivity contribution in [1.82, 2.24) is 10.4 Å². The third-order valence-corrected chi connectivity index (χ3v) is 3.52. The highest BCUT2D eigenvalue weighted by Crippen LogP contribution is 2.31. The monoisotopic (exact) mass is 248 g/mol. The maximum Gasteiger partial charge on any atom is 0.222 e. The second-order valence-corrected chi connectivity index (χ2v) is 4.94. The van der Waals surface area contributed by atoms with Crippen LogP contribution in [0.2, 0.25) is 0 Å². The topological polar surface area (TPSA) is 33.7 Å². The minimum Gasteiger partial charge on any atom is -0.463 e. The summed E-state index contributed by atoms with van der Waals surface area (Å²) in [6, 6.07) is 6.50. The molecular formula is C14H20N2O2.